The molecule has 98 valence electrons. The molecule has 2 heteroatoms. The molecule has 0 atom stereocenters. The topological polar surface area (TPSA) is 9.23 Å². The van der Waals surface area contributed by atoms with Gasteiger partial charge in [0.15, 0.2) is 8.32 Å². The van der Waals surface area contributed by atoms with Crippen LogP contribution in [0.1, 0.15) is 53.4 Å². The Bertz CT molecular complexity index is 305. The summed E-state index contributed by atoms with van der Waals surface area (Å²) >= 11 is 0. The summed E-state index contributed by atoms with van der Waals surface area (Å²) in [7, 11) is -1.61. The lowest BCUT2D eigenvalue weighted by molar-refractivity contribution is 0.210. The van der Waals surface area contributed by atoms with Gasteiger partial charge in [0.1, 0.15) is 0 Å². The SMILES string of the molecule is CCC1(C#CCO[Si](C)(C)C(C)(C)C)CCC1. The van der Waals surface area contributed by atoms with Crippen molar-refractivity contribution in [3.63, 3.8) is 0 Å². The third kappa shape index (κ3) is 3.60. The molecule has 0 bridgehead atoms. The molecule has 1 aliphatic rings. The standard InChI is InChI=1S/C15H28OSi/c1-7-15(10-8-11-15)12-9-13-16-17(5,6)14(2,3)4/h7-8,10-11,13H2,1-6H3. The van der Waals surface area contributed by atoms with E-state index >= 15 is 0 Å². The monoisotopic (exact) mass is 252 g/mol. The van der Waals surface area contributed by atoms with Gasteiger partial charge in [0.25, 0.3) is 0 Å². The summed E-state index contributed by atoms with van der Waals surface area (Å²) < 4.78 is 6.07. The van der Waals surface area contributed by atoms with Crippen LogP contribution in [0.3, 0.4) is 0 Å². The minimum Gasteiger partial charge on any atom is -0.406 e. The van der Waals surface area contributed by atoms with E-state index in [1.807, 2.05) is 0 Å². The van der Waals surface area contributed by atoms with Crippen molar-refractivity contribution < 1.29 is 4.43 Å². The Morgan fingerprint density at radius 3 is 2.18 bits per heavy atom. The van der Waals surface area contributed by atoms with E-state index in [1.165, 1.54) is 25.7 Å². The van der Waals surface area contributed by atoms with E-state index in [-0.39, 0.29) is 5.04 Å². The molecule has 0 radical (unpaired) electrons. The third-order valence-electron chi connectivity index (χ3n) is 4.65. The van der Waals surface area contributed by atoms with Crippen LogP contribution in [0, 0.1) is 17.3 Å². The van der Waals surface area contributed by atoms with Crippen molar-refractivity contribution in [1.29, 1.82) is 0 Å². The summed E-state index contributed by atoms with van der Waals surface area (Å²) in [6.07, 6.45) is 5.12. The summed E-state index contributed by atoms with van der Waals surface area (Å²) in [4.78, 5) is 0. The first-order valence-corrected chi connectivity index (χ1v) is 9.77. The molecule has 0 unspecified atom stereocenters. The maximum absolute atomic E-state index is 6.07. The highest BCUT2D eigenvalue weighted by molar-refractivity contribution is 6.74. The molecule has 1 nitrogen and oxygen atoms in total. The van der Waals surface area contributed by atoms with Gasteiger partial charge < -0.3 is 4.43 Å². The second kappa shape index (κ2) is 5.16. The molecule has 0 aromatic carbocycles. The third-order valence-corrected chi connectivity index (χ3v) is 9.13. The number of hydrogen-bond donors (Lipinski definition) is 0. The second-order valence-corrected chi connectivity index (χ2v) is 11.6. The van der Waals surface area contributed by atoms with E-state index in [0.717, 1.165) is 0 Å². The Kier molecular flexibility index (Phi) is 4.49. The van der Waals surface area contributed by atoms with Gasteiger partial charge in [-0.1, -0.05) is 46.0 Å². The first-order chi connectivity index (χ1) is 7.72. The fourth-order valence-corrected chi connectivity index (χ4v) is 2.69. The van der Waals surface area contributed by atoms with Crippen LogP contribution in [0.25, 0.3) is 0 Å². The normalized spacial score (nSPS) is 19.2. The molecule has 1 aliphatic carbocycles. The minimum atomic E-state index is -1.61. The van der Waals surface area contributed by atoms with Gasteiger partial charge in [-0.3, -0.25) is 0 Å². The molecule has 0 aliphatic heterocycles. The Labute approximate surface area is 108 Å². The molecule has 0 heterocycles. The van der Waals surface area contributed by atoms with Gasteiger partial charge in [0, 0.05) is 5.41 Å². The highest BCUT2D eigenvalue weighted by Gasteiger charge is 2.37. The summed E-state index contributed by atoms with van der Waals surface area (Å²) in [6.45, 7) is 14.3. The summed E-state index contributed by atoms with van der Waals surface area (Å²) in [5.74, 6) is 6.72. The van der Waals surface area contributed by atoms with Crippen LogP contribution in [0.15, 0.2) is 0 Å². The zero-order valence-corrected chi connectivity index (χ0v) is 13.4. The van der Waals surface area contributed by atoms with Crippen molar-refractivity contribution in [2.75, 3.05) is 6.61 Å². The molecular weight excluding hydrogens is 224 g/mol. The van der Waals surface area contributed by atoms with Crippen LogP contribution < -0.4 is 0 Å². The summed E-state index contributed by atoms with van der Waals surface area (Å²) in [6, 6.07) is 0. The minimum absolute atomic E-state index is 0.285. The van der Waals surface area contributed by atoms with E-state index < -0.39 is 8.32 Å². The van der Waals surface area contributed by atoms with E-state index in [4.69, 9.17) is 4.43 Å². The quantitative estimate of drug-likeness (QED) is 0.527. The van der Waals surface area contributed by atoms with E-state index in [2.05, 4.69) is 52.6 Å². The fourth-order valence-electron chi connectivity index (χ4n) is 1.83. The van der Waals surface area contributed by atoms with Crippen LogP contribution in [0.2, 0.25) is 18.1 Å². The molecule has 1 saturated carbocycles. The van der Waals surface area contributed by atoms with Crippen LogP contribution in [-0.2, 0) is 4.43 Å². The highest BCUT2D eigenvalue weighted by Crippen LogP contribution is 2.43. The maximum Gasteiger partial charge on any atom is 0.193 e. The lowest BCUT2D eigenvalue weighted by Gasteiger charge is -2.37. The molecule has 0 N–H and O–H groups in total. The molecule has 1 rings (SSSR count). The van der Waals surface area contributed by atoms with Crippen molar-refractivity contribution in [3.8, 4) is 11.8 Å². The molecule has 1 fully saturated rings. The Morgan fingerprint density at radius 1 is 1.24 bits per heavy atom. The van der Waals surface area contributed by atoms with E-state index in [0.29, 0.717) is 12.0 Å². The van der Waals surface area contributed by atoms with Crippen LogP contribution in [0.4, 0.5) is 0 Å². The largest absolute Gasteiger partial charge is 0.406 e. The van der Waals surface area contributed by atoms with Crippen LogP contribution in [0.5, 0.6) is 0 Å². The van der Waals surface area contributed by atoms with Crippen molar-refractivity contribution in [2.45, 2.75) is 71.5 Å². The average Bonchev–Trinajstić information content (AvgIpc) is 2.13. The smallest absolute Gasteiger partial charge is 0.193 e. The zero-order valence-electron chi connectivity index (χ0n) is 12.4. The molecule has 17 heavy (non-hydrogen) atoms. The van der Waals surface area contributed by atoms with Gasteiger partial charge in [-0.25, -0.2) is 0 Å². The van der Waals surface area contributed by atoms with Crippen molar-refractivity contribution in [2.24, 2.45) is 5.41 Å². The highest BCUT2D eigenvalue weighted by atomic mass is 28.4. The maximum atomic E-state index is 6.07. The van der Waals surface area contributed by atoms with E-state index in [9.17, 15) is 0 Å². The molecule has 0 spiro atoms. The first-order valence-electron chi connectivity index (χ1n) is 6.86. The molecule has 0 aromatic heterocycles. The van der Waals surface area contributed by atoms with Gasteiger partial charge in [-0.15, -0.1) is 0 Å². The van der Waals surface area contributed by atoms with Gasteiger partial charge in [-0.05, 0) is 37.4 Å². The number of rotatable bonds is 3. The number of hydrogen-bond acceptors (Lipinski definition) is 1. The molecule has 0 saturated heterocycles. The Morgan fingerprint density at radius 2 is 1.82 bits per heavy atom. The lowest BCUT2D eigenvalue weighted by Crippen LogP contribution is -2.40. The van der Waals surface area contributed by atoms with Crippen molar-refractivity contribution in [3.05, 3.63) is 0 Å². The van der Waals surface area contributed by atoms with Crippen molar-refractivity contribution in [1.82, 2.24) is 0 Å². The van der Waals surface area contributed by atoms with Gasteiger partial charge in [0.05, 0.1) is 6.61 Å². The summed E-state index contributed by atoms with van der Waals surface area (Å²) in [5.41, 5.74) is 0.344. The van der Waals surface area contributed by atoms with Crippen LogP contribution in [-0.4, -0.2) is 14.9 Å². The van der Waals surface area contributed by atoms with Crippen molar-refractivity contribution >= 4 is 8.32 Å². The predicted octanol–water partition coefficient (Wildman–Crippen LogP) is 4.59. The first kappa shape index (κ1) is 14.8. The van der Waals surface area contributed by atoms with Crippen LogP contribution >= 0.6 is 0 Å². The second-order valence-electron chi connectivity index (χ2n) is 6.84. The van der Waals surface area contributed by atoms with Gasteiger partial charge in [-0.2, -0.15) is 0 Å². The lowest BCUT2D eigenvalue weighted by atomic mass is 9.68. The predicted molar refractivity (Wildman–Crippen MR) is 77.5 cm³/mol. The Balaban J connectivity index is 2.45. The van der Waals surface area contributed by atoms with E-state index in [1.54, 1.807) is 0 Å². The molecule has 0 aromatic rings. The zero-order chi connectivity index (χ0) is 13.2. The summed E-state index contributed by atoms with van der Waals surface area (Å²) in [5, 5.41) is 0.285. The fraction of sp³-hybridized carbons (Fsp3) is 0.867. The Hall–Kier alpha value is -0.263. The molecule has 0 amide bonds. The average molecular weight is 252 g/mol. The van der Waals surface area contributed by atoms with Gasteiger partial charge in [0.2, 0.25) is 0 Å². The van der Waals surface area contributed by atoms with Gasteiger partial charge >= 0.3 is 0 Å². The molecular formula is C15H28OSi.